The molecule has 0 aliphatic heterocycles. The molecule has 244 valence electrons. The van der Waals surface area contributed by atoms with Gasteiger partial charge >= 0.3 is 24.4 Å². The van der Waals surface area contributed by atoms with Gasteiger partial charge in [-0.25, -0.2) is 14.4 Å². The number of carbonyl (C=O) groups is 4. The summed E-state index contributed by atoms with van der Waals surface area (Å²) in [5.74, 6) is -0.743. The summed E-state index contributed by atoms with van der Waals surface area (Å²) in [6.07, 6.45) is 0.539. The first-order valence-corrected chi connectivity index (χ1v) is 14.7. The minimum absolute atomic E-state index is 0.0750. The van der Waals surface area contributed by atoms with Gasteiger partial charge in [0.25, 0.3) is 0 Å². The number of esters is 1. The molecule has 0 amide bonds. The molecule has 43 heavy (non-hydrogen) atoms. The lowest BCUT2D eigenvalue weighted by Gasteiger charge is -2.24. The average molecular weight is 612 g/mol. The van der Waals surface area contributed by atoms with Crippen LogP contribution in [0.25, 0.3) is 0 Å². The molecule has 1 aromatic rings. The second kappa shape index (κ2) is 18.2. The maximum Gasteiger partial charge on any atom is 0.514 e. The Morgan fingerprint density at radius 1 is 0.837 bits per heavy atom. The Kier molecular flexibility index (Phi) is 15.9. The van der Waals surface area contributed by atoms with Crippen molar-refractivity contribution in [3.05, 3.63) is 23.8 Å². The van der Waals surface area contributed by atoms with E-state index in [1.165, 1.54) is 19.2 Å². The molecule has 1 rings (SSSR count). The normalized spacial score (nSPS) is 12.9. The van der Waals surface area contributed by atoms with Crippen molar-refractivity contribution in [3.63, 3.8) is 0 Å². The number of rotatable bonds is 17. The first-order chi connectivity index (χ1) is 20.1. The molecule has 0 saturated carbocycles. The van der Waals surface area contributed by atoms with E-state index in [1.54, 1.807) is 40.7 Å². The van der Waals surface area contributed by atoms with Gasteiger partial charge in [-0.1, -0.05) is 39.7 Å². The van der Waals surface area contributed by atoms with Gasteiger partial charge in [0.15, 0.2) is 11.5 Å². The summed E-state index contributed by atoms with van der Waals surface area (Å²) >= 11 is 0. The number of methoxy groups -OCH3 is 1. The molecule has 1 unspecified atom stereocenters. The van der Waals surface area contributed by atoms with Crippen LogP contribution in [0.4, 0.5) is 14.4 Å². The third-order valence-corrected chi connectivity index (χ3v) is 6.66. The molecule has 2 atom stereocenters. The molecule has 0 aliphatic carbocycles. The van der Waals surface area contributed by atoms with Gasteiger partial charge in [-0.3, -0.25) is 4.79 Å². The van der Waals surface area contributed by atoms with Gasteiger partial charge in [-0.2, -0.15) is 0 Å². The molecular weight excluding hydrogens is 562 g/mol. The highest BCUT2D eigenvalue weighted by Gasteiger charge is 2.27. The molecule has 0 fully saturated rings. The van der Waals surface area contributed by atoms with Gasteiger partial charge in [0.05, 0.1) is 13.7 Å². The Bertz CT molecular complexity index is 1050. The Morgan fingerprint density at radius 3 is 1.95 bits per heavy atom. The van der Waals surface area contributed by atoms with Gasteiger partial charge in [-0.05, 0) is 78.0 Å². The lowest BCUT2D eigenvalue weighted by Crippen LogP contribution is -2.43. The highest BCUT2D eigenvalue weighted by atomic mass is 16.8. The van der Waals surface area contributed by atoms with Crippen LogP contribution in [0.1, 0.15) is 93.1 Å². The van der Waals surface area contributed by atoms with Gasteiger partial charge in [0.2, 0.25) is 0 Å². The second-order valence-corrected chi connectivity index (χ2v) is 11.3. The molecular formula is C31H49NO11. The molecule has 12 heteroatoms. The zero-order valence-corrected chi connectivity index (χ0v) is 27.0. The number of ether oxygens (including phenoxy) is 7. The zero-order valence-electron chi connectivity index (χ0n) is 27.0. The first kappa shape index (κ1) is 37.5. The first-order valence-electron chi connectivity index (χ1n) is 14.7. The van der Waals surface area contributed by atoms with Crippen molar-refractivity contribution in [2.24, 2.45) is 0 Å². The van der Waals surface area contributed by atoms with E-state index in [4.69, 9.17) is 33.2 Å². The van der Waals surface area contributed by atoms with Crippen molar-refractivity contribution in [1.29, 1.82) is 0 Å². The van der Waals surface area contributed by atoms with E-state index in [2.05, 4.69) is 5.32 Å². The van der Waals surface area contributed by atoms with E-state index in [0.29, 0.717) is 18.4 Å². The number of nitrogens with one attached hydrogen (secondary N) is 1. The summed E-state index contributed by atoms with van der Waals surface area (Å²) in [5, 5.41) is 3.03. The van der Waals surface area contributed by atoms with E-state index < -0.39 is 47.8 Å². The molecule has 0 saturated heterocycles. The highest BCUT2D eigenvalue weighted by Crippen LogP contribution is 2.31. The number of unbranched alkanes of at least 4 members (excludes halogenated alkanes) is 2. The van der Waals surface area contributed by atoms with Crippen molar-refractivity contribution in [2.45, 2.75) is 117 Å². The molecule has 12 nitrogen and oxygen atoms in total. The third-order valence-electron chi connectivity index (χ3n) is 6.66. The molecule has 0 spiro atoms. The molecule has 0 aromatic heterocycles. The minimum Gasteiger partial charge on any atom is -0.468 e. The Hall–Kier alpha value is -3.54. The average Bonchev–Trinajstić information content (AvgIpc) is 2.93. The number of hydrogen-bond donors (Lipinski definition) is 1. The quantitative estimate of drug-likeness (QED) is 0.0888. The second-order valence-electron chi connectivity index (χ2n) is 11.3. The van der Waals surface area contributed by atoms with Crippen molar-refractivity contribution < 1.29 is 52.3 Å². The zero-order chi connectivity index (χ0) is 32.6. The van der Waals surface area contributed by atoms with Crippen LogP contribution in [0.3, 0.4) is 0 Å². The predicted molar refractivity (Wildman–Crippen MR) is 158 cm³/mol. The van der Waals surface area contributed by atoms with E-state index >= 15 is 0 Å². The summed E-state index contributed by atoms with van der Waals surface area (Å²) in [5.41, 5.74) is -1.02. The fraction of sp³-hybridized carbons (Fsp3) is 0.677. The molecule has 0 bridgehead atoms. The topological polar surface area (TPSA) is 145 Å². The minimum atomic E-state index is -0.994. The fourth-order valence-corrected chi connectivity index (χ4v) is 3.33. The molecule has 1 aromatic carbocycles. The van der Waals surface area contributed by atoms with Crippen molar-refractivity contribution in [3.8, 4) is 11.5 Å². The number of hydrogen-bond acceptors (Lipinski definition) is 12. The summed E-state index contributed by atoms with van der Waals surface area (Å²) in [6.45, 7) is 14.8. The van der Waals surface area contributed by atoms with Gasteiger partial charge in [0, 0.05) is 6.54 Å². The summed E-state index contributed by atoms with van der Waals surface area (Å²) in [7, 11) is 1.25. The lowest BCUT2D eigenvalue weighted by atomic mass is 10.0. The Balaban J connectivity index is 3.08. The maximum atomic E-state index is 12.6. The molecule has 1 N–H and O–H groups in total. The van der Waals surface area contributed by atoms with Crippen molar-refractivity contribution >= 4 is 24.4 Å². The number of carbonyl (C=O) groups excluding carboxylic acids is 4. The maximum absolute atomic E-state index is 12.6. The fourth-order valence-electron chi connectivity index (χ4n) is 3.33. The van der Waals surface area contributed by atoms with E-state index in [0.717, 1.165) is 19.3 Å². The number of benzene rings is 1. The van der Waals surface area contributed by atoms with E-state index in [9.17, 15) is 19.2 Å². The van der Waals surface area contributed by atoms with Crippen molar-refractivity contribution in [1.82, 2.24) is 5.32 Å². The SMILES string of the molecule is CCCCCOC(=O)OC(C)CN[C@@H](Cc1ccc(OC(=O)OC(C)(C)CC)c(OC(=O)OC(C)(C)CC)c1)C(=O)OC. The smallest absolute Gasteiger partial charge is 0.468 e. The van der Waals surface area contributed by atoms with Crippen LogP contribution in [-0.4, -0.2) is 68.0 Å². The lowest BCUT2D eigenvalue weighted by molar-refractivity contribution is -0.143. The van der Waals surface area contributed by atoms with Crippen LogP contribution < -0.4 is 14.8 Å². The Morgan fingerprint density at radius 2 is 1.42 bits per heavy atom. The van der Waals surface area contributed by atoms with Gasteiger partial charge in [0.1, 0.15) is 23.3 Å². The van der Waals surface area contributed by atoms with Crippen LogP contribution in [0.15, 0.2) is 18.2 Å². The molecule has 0 radical (unpaired) electrons. The van der Waals surface area contributed by atoms with Crippen LogP contribution >= 0.6 is 0 Å². The summed E-state index contributed by atoms with van der Waals surface area (Å²) in [6, 6.07) is 3.64. The molecule has 0 heterocycles. The van der Waals surface area contributed by atoms with Crippen molar-refractivity contribution in [2.75, 3.05) is 20.3 Å². The van der Waals surface area contributed by atoms with Crippen LogP contribution in [0, 0.1) is 0 Å². The predicted octanol–water partition coefficient (Wildman–Crippen LogP) is 6.50. The Labute approximate surface area is 255 Å². The summed E-state index contributed by atoms with van der Waals surface area (Å²) in [4.78, 5) is 49.6. The largest absolute Gasteiger partial charge is 0.514 e. The highest BCUT2D eigenvalue weighted by molar-refractivity contribution is 5.76. The summed E-state index contributed by atoms with van der Waals surface area (Å²) < 4.78 is 36.8. The van der Waals surface area contributed by atoms with Gasteiger partial charge < -0.3 is 38.5 Å². The van der Waals surface area contributed by atoms with Crippen LogP contribution in [0.5, 0.6) is 11.5 Å². The monoisotopic (exact) mass is 611 g/mol. The van der Waals surface area contributed by atoms with E-state index in [1.807, 2.05) is 20.8 Å². The van der Waals surface area contributed by atoms with E-state index in [-0.39, 0.29) is 31.1 Å². The molecule has 0 aliphatic rings. The van der Waals surface area contributed by atoms with Crippen LogP contribution in [-0.2, 0) is 34.9 Å². The van der Waals surface area contributed by atoms with Gasteiger partial charge in [-0.15, -0.1) is 0 Å². The third kappa shape index (κ3) is 15.0. The van der Waals surface area contributed by atoms with Crippen LogP contribution in [0.2, 0.25) is 0 Å². The standard InChI is InChI=1S/C31H49NO11/c1-10-13-14-17-38-27(34)39-21(4)20-32-23(26(33)37-9)18-22-15-16-24(40-28(35)42-30(5,6)11-2)25(19-22)41-29(36)43-31(7,8)12-3/h15-16,19,21,23,32H,10-14,17-18,20H2,1-9H3/t21?,23-/m0/s1.